The van der Waals surface area contributed by atoms with E-state index in [0.717, 1.165) is 37.5 Å². The van der Waals surface area contributed by atoms with Crippen LogP contribution in [0.15, 0.2) is 24.3 Å². The number of ether oxygens (including phenoxy) is 4. The standard InChI is InChI=1S/C26H35NO7/c1-3-19-13-18-11-17(2)12-20(14-18)26(19)16-31-25(34-26)10-4-5-23(15-25)33-24(28)32-22-8-6-21(7-9-22)27(29)30/h6-9,17-20,23H,3-5,10-16H2,1-2H3. The summed E-state index contributed by atoms with van der Waals surface area (Å²) in [4.78, 5) is 22.7. The van der Waals surface area contributed by atoms with Crippen LogP contribution >= 0.6 is 0 Å². The zero-order valence-corrected chi connectivity index (χ0v) is 20.1. The maximum atomic E-state index is 12.4. The van der Waals surface area contributed by atoms with E-state index in [1.807, 2.05) is 0 Å². The number of rotatable bonds is 4. The SMILES string of the molecule is CCC1CC2CC(C)CC(C2)C12COC1(CCCC(OC(=O)Oc3ccc([N+](=O)[O-])cc3)C1)O2. The first kappa shape index (κ1) is 23.5. The number of fused-ring (bicyclic) bond motifs is 3. The molecule has 34 heavy (non-hydrogen) atoms. The maximum Gasteiger partial charge on any atom is 0.514 e. The van der Waals surface area contributed by atoms with E-state index in [4.69, 9.17) is 18.9 Å². The molecule has 3 saturated carbocycles. The molecule has 0 radical (unpaired) electrons. The molecular formula is C26H35NO7. The van der Waals surface area contributed by atoms with Crippen LogP contribution in [0.4, 0.5) is 10.5 Å². The Balaban J connectivity index is 1.23. The average molecular weight is 474 g/mol. The molecule has 186 valence electrons. The lowest BCUT2D eigenvalue weighted by atomic mass is 9.57. The Kier molecular flexibility index (Phi) is 6.31. The number of benzene rings is 1. The van der Waals surface area contributed by atoms with E-state index in [9.17, 15) is 14.9 Å². The van der Waals surface area contributed by atoms with E-state index in [-0.39, 0.29) is 23.1 Å². The normalized spacial score (nSPS) is 39.2. The monoisotopic (exact) mass is 473 g/mol. The fraction of sp³-hybridized carbons (Fsp3) is 0.731. The number of carbonyl (C=O) groups is 1. The van der Waals surface area contributed by atoms with Gasteiger partial charge in [-0.25, -0.2) is 4.79 Å². The molecule has 4 aliphatic rings. The number of nitrogens with zero attached hydrogens (tertiary/aromatic N) is 1. The smallest absolute Gasteiger partial charge is 0.430 e. The summed E-state index contributed by atoms with van der Waals surface area (Å²) in [5, 5.41) is 10.8. The Hall–Kier alpha value is -2.19. The minimum absolute atomic E-state index is 0.0637. The van der Waals surface area contributed by atoms with Crippen molar-refractivity contribution in [1.82, 2.24) is 0 Å². The van der Waals surface area contributed by atoms with Gasteiger partial charge in [-0.2, -0.15) is 0 Å². The van der Waals surface area contributed by atoms with Crippen molar-refractivity contribution in [2.24, 2.45) is 23.7 Å². The van der Waals surface area contributed by atoms with Crippen molar-refractivity contribution in [3.63, 3.8) is 0 Å². The van der Waals surface area contributed by atoms with Gasteiger partial charge in [-0.15, -0.1) is 0 Å². The van der Waals surface area contributed by atoms with E-state index in [1.54, 1.807) is 0 Å². The third kappa shape index (κ3) is 4.42. The largest absolute Gasteiger partial charge is 0.514 e. The zero-order valence-electron chi connectivity index (χ0n) is 20.1. The van der Waals surface area contributed by atoms with Crippen molar-refractivity contribution < 1.29 is 28.7 Å². The van der Waals surface area contributed by atoms with Crippen molar-refractivity contribution in [1.29, 1.82) is 0 Å². The summed E-state index contributed by atoms with van der Waals surface area (Å²) >= 11 is 0. The first-order chi connectivity index (χ1) is 16.3. The van der Waals surface area contributed by atoms with Gasteiger partial charge >= 0.3 is 6.16 Å². The number of non-ortho nitro benzene ring substituents is 1. The van der Waals surface area contributed by atoms with Crippen molar-refractivity contribution in [2.75, 3.05) is 6.61 Å². The van der Waals surface area contributed by atoms with Gasteiger partial charge in [0.2, 0.25) is 0 Å². The summed E-state index contributed by atoms with van der Waals surface area (Å²) in [6.45, 7) is 5.27. The minimum Gasteiger partial charge on any atom is -0.430 e. The molecule has 1 aliphatic heterocycles. The highest BCUT2D eigenvalue weighted by molar-refractivity contribution is 5.64. The van der Waals surface area contributed by atoms with Gasteiger partial charge < -0.3 is 18.9 Å². The minimum atomic E-state index is -0.809. The van der Waals surface area contributed by atoms with E-state index in [0.29, 0.717) is 24.9 Å². The lowest BCUT2D eigenvalue weighted by Gasteiger charge is -2.53. The predicted molar refractivity (Wildman–Crippen MR) is 123 cm³/mol. The van der Waals surface area contributed by atoms with Gasteiger partial charge in [0.15, 0.2) is 5.79 Å². The number of hydrogen-bond acceptors (Lipinski definition) is 7. The molecule has 1 saturated heterocycles. The van der Waals surface area contributed by atoms with Crippen LogP contribution in [0.2, 0.25) is 0 Å². The summed E-state index contributed by atoms with van der Waals surface area (Å²) in [6, 6.07) is 5.37. The Morgan fingerprint density at radius 2 is 2.00 bits per heavy atom. The Bertz CT molecular complexity index is 918. The van der Waals surface area contributed by atoms with Crippen molar-refractivity contribution in [3.05, 3.63) is 34.4 Å². The van der Waals surface area contributed by atoms with Gasteiger partial charge in [0.05, 0.1) is 11.5 Å². The molecule has 2 bridgehead atoms. The van der Waals surface area contributed by atoms with Gasteiger partial charge in [0, 0.05) is 25.0 Å². The summed E-state index contributed by atoms with van der Waals surface area (Å²) < 4.78 is 24.4. The molecule has 0 aromatic heterocycles. The van der Waals surface area contributed by atoms with Gasteiger partial charge in [-0.3, -0.25) is 10.1 Å². The van der Waals surface area contributed by atoms with Gasteiger partial charge in [0.25, 0.3) is 5.69 Å². The van der Waals surface area contributed by atoms with Crippen LogP contribution in [-0.2, 0) is 14.2 Å². The number of nitro groups is 1. The summed E-state index contributed by atoms with van der Waals surface area (Å²) in [5.41, 5.74) is -0.285. The van der Waals surface area contributed by atoms with E-state index >= 15 is 0 Å². The first-order valence-corrected chi connectivity index (χ1v) is 12.8. The molecule has 1 aromatic carbocycles. The summed E-state index contributed by atoms with van der Waals surface area (Å²) in [7, 11) is 0. The van der Waals surface area contributed by atoms with Crippen LogP contribution in [0.3, 0.4) is 0 Å². The van der Waals surface area contributed by atoms with Crippen molar-refractivity contribution >= 4 is 11.8 Å². The fourth-order valence-corrected chi connectivity index (χ4v) is 7.20. The number of hydrogen-bond donors (Lipinski definition) is 0. The molecule has 4 fully saturated rings. The highest BCUT2D eigenvalue weighted by Crippen LogP contribution is 2.58. The van der Waals surface area contributed by atoms with E-state index < -0.39 is 16.9 Å². The van der Waals surface area contributed by atoms with Crippen LogP contribution in [0.5, 0.6) is 5.75 Å². The molecule has 5 rings (SSSR count). The fourth-order valence-electron chi connectivity index (χ4n) is 7.20. The summed E-state index contributed by atoms with van der Waals surface area (Å²) in [6.07, 6.45) is 7.84. The molecule has 7 unspecified atom stereocenters. The highest BCUT2D eigenvalue weighted by atomic mass is 16.8. The second kappa shape index (κ2) is 9.11. The quantitative estimate of drug-likeness (QED) is 0.228. The van der Waals surface area contributed by atoms with Crippen molar-refractivity contribution in [3.8, 4) is 5.75 Å². The van der Waals surface area contributed by atoms with Gasteiger partial charge in [0.1, 0.15) is 17.5 Å². The van der Waals surface area contributed by atoms with Crippen LogP contribution in [0, 0.1) is 33.8 Å². The van der Waals surface area contributed by atoms with Gasteiger partial charge in [-0.1, -0.05) is 20.3 Å². The first-order valence-electron chi connectivity index (χ1n) is 12.8. The lowest BCUT2D eigenvalue weighted by molar-refractivity contribution is -0.384. The maximum absolute atomic E-state index is 12.4. The Labute approximate surface area is 200 Å². The predicted octanol–water partition coefficient (Wildman–Crippen LogP) is 6.02. The van der Waals surface area contributed by atoms with Crippen LogP contribution in [0.1, 0.15) is 71.6 Å². The van der Waals surface area contributed by atoms with Crippen molar-refractivity contribution in [2.45, 2.75) is 89.1 Å². The topological polar surface area (TPSA) is 97.1 Å². The number of carbonyl (C=O) groups excluding carboxylic acids is 1. The molecule has 2 spiro atoms. The second-order valence-electron chi connectivity index (χ2n) is 10.9. The van der Waals surface area contributed by atoms with Gasteiger partial charge in [-0.05, 0) is 74.3 Å². The molecule has 8 nitrogen and oxygen atoms in total. The zero-order chi connectivity index (χ0) is 23.9. The molecular weight excluding hydrogens is 438 g/mol. The molecule has 1 heterocycles. The molecule has 1 aromatic rings. The van der Waals surface area contributed by atoms with Crippen LogP contribution < -0.4 is 4.74 Å². The molecule has 8 heteroatoms. The third-order valence-corrected chi connectivity index (χ3v) is 8.60. The molecule has 7 atom stereocenters. The third-order valence-electron chi connectivity index (χ3n) is 8.60. The van der Waals surface area contributed by atoms with Crippen LogP contribution in [0.25, 0.3) is 0 Å². The van der Waals surface area contributed by atoms with E-state index in [2.05, 4.69) is 13.8 Å². The Morgan fingerprint density at radius 3 is 2.74 bits per heavy atom. The molecule has 0 N–H and O–H groups in total. The highest BCUT2D eigenvalue weighted by Gasteiger charge is 2.61. The Morgan fingerprint density at radius 1 is 1.21 bits per heavy atom. The summed E-state index contributed by atoms with van der Waals surface area (Å²) in [5.74, 6) is 2.10. The number of nitro benzene ring substituents is 1. The lowest BCUT2D eigenvalue weighted by Crippen LogP contribution is -2.55. The molecule has 0 amide bonds. The average Bonchev–Trinajstić information content (AvgIpc) is 3.16. The molecule has 3 aliphatic carbocycles. The van der Waals surface area contributed by atoms with Crippen LogP contribution in [-0.4, -0.2) is 35.2 Å². The second-order valence-corrected chi connectivity index (χ2v) is 10.9. The van der Waals surface area contributed by atoms with E-state index in [1.165, 1.54) is 49.9 Å².